The van der Waals surface area contributed by atoms with Gasteiger partial charge in [-0.3, -0.25) is 10.1 Å². The lowest BCUT2D eigenvalue weighted by molar-refractivity contribution is -0.385. The molecule has 0 atom stereocenters. The summed E-state index contributed by atoms with van der Waals surface area (Å²) in [6.45, 7) is 1.82. The zero-order valence-corrected chi connectivity index (χ0v) is 12.6. The van der Waals surface area contributed by atoms with Crippen LogP contribution in [-0.2, 0) is 10.0 Å². The van der Waals surface area contributed by atoms with Crippen LogP contribution in [0.15, 0.2) is 24.5 Å². The highest BCUT2D eigenvalue weighted by molar-refractivity contribution is 7.89. The largest absolute Gasteiger partial charge is 0.500 e. The summed E-state index contributed by atoms with van der Waals surface area (Å²) >= 11 is 0. The fourth-order valence-corrected chi connectivity index (χ4v) is 2.63. The van der Waals surface area contributed by atoms with Crippen molar-refractivity contribution in [3.63, 3.8) is 0 Å². The fraction of sp³-hybridized carbons (Fsp3) is 0.250. The van der Waals surface area contributed by atoms with Crippen molar-refractivity contribution in [2.24, 2.45) is 0 Å². The molecule has 2 rings (SSSR count). The van der Waals surface area contributed by atoms with Gasteiger partial charge in [0.05, 0.1) is 17.8 Å². The van der Waals surface area contributed by atoms with E-state index in [1.54, 1.807) is 6.92 Å². The number of aromatic nitrogens is 2. The third kappa shape index (κ3) is 2.86. The normalized spacial score (nSPS) is 11.4. The Morgan fingerprint density at radius 1 is 1.45 bits per heavy atom. The highest BCUT2D eigenvalue weighted by atomic mass is 32.2. The maximum Gasteiger partial charge on any atom is 0.315 e. The zero-order chi connectivity index (χ0) is 16.5. The maximum absolute atomic E-state index is 11.7. The van der Waals surface area contributed by atoms with Crippen molar-refractivity contribution in [2.75, 3.05) is 12.9 Å². The van der Waals surface area contributed by atoms with Crippen LogP contribution < -0.4 is 4.74 Å². The number of nitro benzene ring substituents is 1. The summed E-state index contributed by atoms with van der Waals surface area (Å²) in [7, 11) is -3.63. The van der Waals surface area contributed by atoms with Crippen LogP contribution in [-0.4, -0.2) is 40.3 Å². The molecule has 2 aromatic rings. The number of hydrogen-bond acceptors (Lipinski definition) is 7. The lowest BCUT2D eigenvalue weighted by atomic mass is 10.1. The zero-order valence-electron chi connectivity index (χ0n) is 11.8. The first kappa shape index (κ1) is 15.8. The van der Waals surface area contributed by atoms with Crippen LogP contribution >= 0.6 is 0 Å². The number of rotatable bonds is 5. The van der Waals surface area contributed by atoms with Gasteiger partial charge in [0.15, 0.2) is 11.6 Å². The van der Waals surface area contributed by atoms with E-state index in [2.05, 4.69) is 4.98 Å². The lowest BCUT2D eigenvalue weighted by Gasteiger charge is -2.10. The van der Waals surface area contributed by atoms with E-state index >= 15 is 0 Å². The fourth-order valence-electron chi connectivity index (χ4n) is 1.89. The number of nitro groups is 1. The molecule has 0 aliphatic carbocycles. The average Bonchev–Trinajstić information content (AvgIpc) is 2.90. The molecule has 0 aliphatic rings. The minimum absolute atomic E-state index is 0.00782. The molecule has 0 radical (unpaired) electrons. The monoisotopic (exact) mass is 327 g/mol. The number of phenolic OH excluding ortho intramolecular Hbond substituents is 1. The van der Waals surface area contributed by atoms with Crippen molar-refractivity contribution in [3.05, 3.63) is 34.6 Å². The molecular weight excluding hydrogens is 314 g/mol. The number of nitrogens with zero attached hydrogens (tertiary/aromatic N) is 3. The van der Waals surface area contributed by atoms with Gasteiger partial charge < -0.3 is 9.84 Å². The first-order valence-corrected chi connectivity index (χ1v) is 7.99. The van der Waals surface area contributed by atoms with Crippen LogP contribution in [0.4, 0.5) is 5.69 Å². The predicted molar refractivity (Wildman–Crippen MR) is 77.4 cm³/mol. The molecule has 10 heteroatoms. The summed E-state index contributed by atoms with van der Waals surface area (Å²) in [5.41, 5.74) is -0.452. The first-order chi connectivity index (χ1) is 10.3. The second-order valence-corrected chi connectivity index (χ2v) is 6.20. The van der Waals surface area contributed by atoms with E-state index in [1.807, 2.05) is 0 Å². The van der Waals surface area contributed by atoms with Crippen molar-refractivity contribution < 1.29 is 23.2 Å². The van der Waals surface area contributed by atoms with Crippen molar-refractivity contribution >= 4 is 15.7 Å². The third-order valence-corrected chi connectivity index (χ3v) is 3.78. The molecular formula is C12H13N3O6S. The molecule has 1 heterocycles. The number of imidazole rings is 1. The van der Waals surface area contributed by atoms with Crippen molar-refractivity contribution in [2.45, 2.75) is 6.92 Å². The van der Waals surface area contributed by atoms with Crippen LogP contribution in [0.2, 0.25) is 0 Å². The highest BCUT2D eigenvalue weighted by Crippen LogP contribution is 2.40. The van der Waals surface area contributed by atoms with E-state index in [9.17, 15) is 23.6 Å². The topological polar surface area (TPSA) is 125 Å². The second kappa shape index (κ2) is 5.64. The van der Waals surface area contributed by atoms with Gasteiger partial charge in [0.2, 0.25) is 15.8 Å². The molecule has 0 aliphatic heterocycles. The molecule has 9 nitrogen and oxygen atoms in total. The summed E-state index contributed by atoms with van der Waals surface area (Å²) in [6, 6.07) is 2.34. The minimum Gasteiger partial charge on any atom is -0.500 e. The van der Waals surface area contributed by atoms with Crippen molar-refractivity contribution in [1.29, 1.82) is 0 Å². The molecule has 0 saturated carbocycles. The van der Waals surface area contributed by atoms with Crippen LogP contribution in [0.25, 0.3) is 11.4 Å². The first-order valence-electron chi connectivity index (χ1n) is 6.14. The number of benzene rings is 1. The Morgan fingerprint density at radius 3 is 2.68 bits per heavy atom. The molecule has 22 heavy (non-hydrogen) atoms. The van der Waals surface area contributed by atoms with Gasteiger partial charge in [0.1, 0.15) is 0 Å². The van der Waals surface area contributed by atoms with E-state index in [1.165, 1.54) is 18.5 Å². The van der Waals surface area contributed by atoms with Crippen molar-refractivity contribution in [1.82, 2.24) is 8.96 Å². The molecule has 118 valence electrons. The predicted octanol–water partition coefficient (Wildman–Crippen LogP) is 1.37. The number of hydrogen-bond donors (Lipinski definition) is 1. The van der Waals surface area contributed by atoms with Gasteiger partial charge in [-0.15, -0.1) is 0 Å². The van der Waals surface area contributed by atoms with Gasteiger partial charge >= 0.3 is 5.69 Å². The molecule has 1 aromatic carbocycles. The number of ether oxygens (including phenoxy) is 1. The van der Waals surface area contributed by atoms with Gasteiger partial charge in [-0.2, -0.15) is 0 Å². The van der Waals surface area contributed by atoms with Crippen LogP contribution in [0.1, 0.15) is 6.92 Å². The molecule has 0 unspecified atom stereocenters. The highest BCUT2D eigenvalue weighted by Gasteiger charge is 2.23. The van der Waals surface area contributed by atoms with E-state index in [0.717, 1.165) is 16.3 Å². The summed E-state index contributed by atoms with van der Waals surface area (Å²) in [6.07, 6.45) is 3.47. The van der Waals surface area contributed by atoms with Gasteiger partial charge in [-0.05, 0) is 13.0 Å². The summed E-state index contributed by atoms with van der Waals surface area (Å²) in [4.78, 5) is 14.2. The van der Waals surface area contributed by atoms with Crippen molar-refractivity contribution in [3.8, 4) is 22.9 Å². The van der Waals surface area contributed by atoms with E-state index in [-0.39, 0.29) is 23.7 Å². The number of phenols is 1. The molecule has 0 saturated heterocycles. The molecule has 0 amide bonds. The van der Waals surface area contributed by atoms with E-state index in [4.69, 9.17) is 4.74 Å². The lowest BCUT2D eigenvalue weighted by Crippen LogP contribution is -2.10. The summed E-state index contributed by atoms with van der Waals surface area (Å²) in [5.74, 6) is -0.741. The SMILES string of the molecule is CCOc1cc(-c2nccn2S(C)(=O)=O)cc([N+](=O)[O-])c1O. The van der Waals surface area contributed by atoms with Gasteiger partial charge in [-0.25, -0.2) is 17.4 Å². The van der Waals surface area contributed by atoms with Gasteiger partial charge in [0, 0.05) is 24.0 Å². The Morgan fingerprint density at radius 2 is 2.14 bits per heavy atom. The Hall–Kier alpha value is -2.62. The molecule has 1 aromatic heterocycles. The summed E-state index contributed by atoms with van der Waals surface area (Å²) < 4.78 is 29.4. The Labute approximate surface area is 126 Å². The van der Waals surface area contributed by atoms with Gasteiger partial charge in [0.25, 0.3) is 0 Å². The quantitative estimate of drug-likeness (QED) is 0.649. The average molecular weight is 327 g/mol. The Kier molecular flexibility index (Phi) is 4.04. The van der Waals surface area contributed by atoms with Crippen LogP contribution in [0.3, 0.4) is 0 Å². The van der Waals surface area contributed by atoms with Crippen LogP contribution in [0, 0.1) is 10.1 Å². The smallest absolute Gasteiger partial charge is 0.315 e. The second-order valence-electron chi connectivity index (χ2n) is 4.34. The van der Waals surface area contributed by atoms with Gasteiger partial charge in [-0.1, -0.05) is 0 Å². The third-order valence-electron chi connectivity index (χ3n) is 2.77. The maximum atomic E-state index is 11.7. The van der Waals surface area contributed by atoms with Crippen LogP contribution in [0.5, 0.6) is 11.5 Å². The Balaban J connectivity index is 2.72. The van der Waals surface area contributed by atoms with E-state index in [0.29, 0.717) is 0 Å². The number of aromatic hydroxyl groups is 1. The molecule has 1 N–H and O–H groups in total. The molecule has 0 fully saturated rings. The Bertz CT molecular complexity index is 827. The summed E-state index contributed by atoms with van der Waals surface area (Å²) in [5, 5.41) is 20.9. The molecule has 0 spiro atoms. The van der Waals surface area contributed by atoms with E-state index < -0.39 is 26.4 Å². The minimum atomic E-state index is -3.63. The molecule has 0 bridgehead atoms. The standard InChI is InChI=1S/C12H13N3O6S/c1-3-21-10-7-8(6-9(11(10)16)15(17)18)12-13-4-5-14(12)22(2,19)20/h4-7,16H,3H2,1-2H3.